The third-order valence-corrected chi connectivity index (χ3v) is 2.97. The van der Waals surface area contributed by atoms with Crippen molar-refractivity contribution in [2.24, 2.45) is 5.41 Å². The molecule has 1 heterocycles. The number of hydrogen-bond acceptors (Lipinski definition) is 2. The molecule has 0 aromatic carbocycles. The minimum atomic E-state index is -4.36. The van der Waals surface area contributed by atoms with Crippen molar-refractivity contribution in [3.63, 3.8) is 0 Å². The van der Waals surface area contributed by atoms with Gasteiger partial charge in [-0.2, -0.15) is 18.3 Å². The lowest BCUT2D eigenvalue weighted by molar-refractivity contribution is -0.141. The first-order valence-electron chi connectivity index (χ1n) is 6.10. The molecule has 1 aliphatic carbocycles. The Hall–Kier alpha value is -1.04. The normalized spacial score (nSPS) is 17.2. The molecule has 3 nitrogen and oxygen atoms in total. The fourth-order valence-corrected chi connectivity index (χ4v) is 1.80. The van der Waals surface area contributed by atoms with Gasteiger partial charge in [-0.05, 0) is 24.3 Å². The molecule has 6 heteroatoms. The van der Waals surface area contributed by atoms with E-state index in [1.54, 1.807) is 0 Å². The van der Waals surface area contributed by atoms with Crippen molar-refractivity contribution in [2.75, 3.05) is 6.54 Å². The molecule has 0 unspecified atom stereocenters. The van der Waals surface area contributed by atoms with Gasteiger partial charge < -0.3 is 5.32 Å². The SMILES string of the molecule is CC(C)(CNC1CC1)Cn1ccc(C(F)(F)F)n1. The quantitative estimate of drug-likeness (QED) is 0.883. The van der Waals surface area contributed by atoms with Gasteiger partial charge in [0, 0.05) is 25.3 Å². The van der Waals surface area contributed by atoms with Crippen LogP contribution in [0.5, 0.6) is 0 Å². The topological polar surface area (TPSA) is 29.9 Å². The number of aromatic nitrogens is 2. The number of nitrogens with one attached hydrogen (secondary N) is 1. The highest BCUT2D eigenvalue weighted by Gasteiger charge is 2.34. The molecule has 102 valence electrons. The molecule has 1 aliphatic rings. The van der Waals surface area contributed by atoms with Crippen LogP contribution >= 0.6 is 0 Å². The molecule has 1 saturated carbocycles. The molecule has 0 atom stereocenters. The smallest absolute Gasteiger partial charge is 0.313 e. The minimum Gasteiger partial charge on any atom is -0.313 e. The van der Waals surface area contributed by atoms with Crippen LogP contribution in [0.4, 0.5) is 13.2 Å². The van der Waals surface area contributed by atoms with Crippen LogP contribution in [0.25, 0.3) is 0 Å². The highest BCUT2D eigenvalue weighted by molar-refractivity contribution is 5.03. The summed E-state index contributed by atoms with van der Waals surface area (Å²) in [5.41, 5.74) is -0.939. The van der Waals surface area contributed by atoms with E-state index in [2.05, 4.69) is 10.4 Å². The van der Waals surface area contributed by atoms with Gasteiger partial charge in [-0.15, -0.1) is 0 Å². The lowest BCUT2D eigenvalue weighted by atomic mass is 9.93. The predicted octanol–water partition coefficient (Wildman–Crippen LogP) is 2.68. The van der Waals surface area contributed by atoms with E-state index in [9.17, 15) is 13.2 Å². The van der Waals surface area contributed by atoms with Crippen LogP contribution in [0.1, 0.15) is 32.4 Å². The average molecular weight is 261 g/mol. The Morgan fingerprint density at radius 3 is 2.56 bits per heavy atom. The minimum absolute atomic E-state index is 0.114. The summed E-state index contributed by atoms with van der Waals surface area (Å²) in [6.45, 7) is 5.32. The van der Waals surface area contributed by atoms with Crippen LogP contribution in [0.2, 0.25) is 0 Å². The maximum atomic E-state index is 12.4. The molecule has 0 amide bonds. The van der Waals surface area contributed by atoms with Gasteiger partial charge in [-0.3, -0.25) is 4.68 Å². The van der Waals surface area contributed by atoms with Crippen LogP contribution in [-0.2, 0) is 12.7 Å². The van der Waals surface area contributed by atoms with E-state index >= 15 is 0 Å². The Labute approximate surface area is 104 Å². The Balaban J connectivity index is 1.92. The molecule has 0 saturated heterocycles. The molecule has 1 fully saturated rings. The first kappa shape index (κ1) is 13.4. The summed E-state index contributed by atoms with van der Waals surface area (Å²) in [5, 5.41) is 6.96. The average Bonchev–Trinajstić information content (AvgIpc) is 2.94. The van der Waals surface area contributed by atoms with Crippen LogP contribution in [-0.4, -0.2) is 22.4 Å². The van der Waals surface area contributed by atoms with E-state index < -0.39 is 11.9 Å². The third-order valence-electron chi connectivity index (χ3n) is 2.97. The fourth-order valence-electron chi connectivity index (χ4n) is 1.80. The summed E-state index contributed by atoms with van der Waals surface area (Å²) in [7, 11) is 0. The lowest BCUT2D eigenvalue weighted by Gasteiger charge is -2.25. The van der Waals surface area contributed by atoms with Gasteiger partial charge in [0.25, 0.3) is 0 Å². The Morgan fingerprint density at radius 1 is 1.39 bits per heavy atom. The van der Waals surface area contributed by atoms with Crippen molar-refractivity contribution >= 4 is 0 Å². The number of halogens is 3. The van der Waals surface area contributed by atoms with Gasteiger partial charge in [0.05, 0.1) is 0 Å². The number of rotatable bonds is 5. The molecule has 0 radical (unpaired) electrons. The summed E-state index contributed by atoms with van der Waals surface area (Å²) >= 11 is 0. The summed E-state index contributed by atoms with van der Waals surface area (Å²) in [4.78, 5) is 0. The first-order chi connectivity index (χ1) is 8.26. The van der Waals surface area contributed by atoms with Crippen molar-refractivity contribution in [3.05, 3.63) is 18.0 Å². The standard InChI is InChI=1S/C12H18F3N3/c1-11(2,7-16-9-3-4-9)8-18-6-5-10(17-18)12(13,14)15/h5-6,9,16H,3-4,7-8H2,1-2H3. The second-order valence-electron chi connectivity index (χ2n) is 5.72. The zero-order valence-electron chi connectivity index (χ0n) is 10.6. The Bertz CT molecular complexity index is 405. The van der Waals surface area contributed by atoms with Gasteiger partial charge >= 0.3 is 6.18 Å². The molecule has 1 aromatic heterocycles. The number of alkyl halides is 3. The van der Waals surface area contributed by atoms with E-state index in [1.165, 1.54) is 23.7 Å². The van der Waals surface area contributed by atoms with Crippen molar-refractivity contribution < 1.29 is 13.2 Å². The van der Waals surface area contributed by atoms with E-state index in [0.717, 1.165) is 12.6 Å². The molecule has 0 aliphatic heterocycles. The van der Waals surface area contributed by atoms with Gasteiger partial charge in [0.2, 0.25) is 0 Å². The second-order valence-corrected chi connectivity index (χ2v) is 5.72. The van der Waals surface area contributed by atoms with Crippen LogP contribution in [0.3, 0.4) is 0 Å². The Kier molecular flexibility index (Phi) is 3.40. The molecule has 1 aromatic rings. The predicted molar refractivity (Wildman–Crippen MR) is 62.0 cm³/mol. The van der Waals surface area contributed by atoms with Gasteiger partial charge in [-0.1, -0.05) is 13.8 Å². The van der Waals surface area contributed by atoms with Gasteiger partial charge in [0.15, 0.2) is 5.69 Å². The van der Waals surface area contributed by atoms with Crippen molar-refractivity contribution in [3.8, 4) is 0 Å². The maximum absolute atomic E-state index is 12.4. The van der Waals surface area contributed by atoms with E-state index in [-0.39, 0.29) is 5.41 Å². The second kappa shape index (κ2) is 4.57. The summed E-state index contributed by atoms with van der Waals surface area (Å²) in [6.07, 6.45) is -0.560. The molecule has 2 rings (SSSR count). The van der Waals surface area contributed by atoms with Crippen LogP contribution < -0.4 is 5.32 Å². The molecular formula is C12H18F3N3. The number of nitrogens with zero attached hydrogens (tertiary/aromatic N) is 2. The molecule has 1 N–H and O–H groups in total. The largest absolute Gasteiger partial charge is 0.435 e. The number of hydrogen-bond donors (Lipinski definition) is 1. The maximum Gasteiger partial charge on any atom is 0.435 e. The summed E-state index contributed by atoms with van der Waals surface area (Å²) in [6, 6.07) is 1.62. The Morgan fingerprint density at radius 2 is 2.06 bits per heavy atom. The fraction of sp³-hybridized carbons (Fsp3) is 0.750. The zero-order valence-corrected chi connectivity index (χ0v) is 10.6. The third kappa shape index (κ3) is 3.73. The molecular weight excluding hydrogens is 243 g/mol. The monoisotopic (exact) mass is 261 g/mol. The van der Waals surface area contributed by atoms with Gasteiger partial charge in [0.1, 0.15) is 0 Å². The molecule has 18 heavy (non-hydrogen) atoms. The zero-order chi connectivity index (χ0) is 13.4. The molecule has 0 bridgehead atoms. The van der Waals surface area contributed by atoms with Crippen LogP contribution in [0.15, 0.2) is 12.3 Å². The van der Waals surface area contributed by atoms with Crippen molar-refractivity contribution in [1.29, 1.82) is 0 Å². The van der Waals surface area contributed by atoms with Crippen molar-refractivity contribution in [1.82, 2.24) is 15.1 Å². The lowest BCUT2D eigenvalue weighted by Crippen LogP contribution is -2.34. The highest BCUT2D eigenvalue weighted by atomic mass is 19.4. The van der Waals surface area contributed by atoms with E-state index in [0.29, 0.717) is 12.6 Å². The van der Waals surface area contributed by atoms with Crippen LogP contribution in [0, 0.1) is 5.41 Å². The molecule has 0 spiro atoms. The van der Waals surface area contributed by atoms with E-state index in [1.807, 2.05) is 13.8 Å². The summed E-state index contributed by atoms with van der Waals surface area (Å²) in [5.74, 6) is 0. The summed E-state index contributed by atoms with van der Waals surface area (Å²) < 4.78 is 38.6. The van der Waals surface area contributed by atoms with E-state index in [4.69, 9.17) is 0 Å². The van der Waals surface area contributed by atoms with Crippen molar-refractivity contribution in [2.45, 2.75) is 45.5 Å². The first-order valence-corrected chi connectivity index (χ1v) is 6.10. The highest BCUT2D eigenvalue weighted by Crippen LogP contribution is 2.28. The van der Waals surface area contributed by atoms with Gasteiger partial charge in [-0.25, -0.2) is 0 Å².